The van der Waals surface area contributed by atoms with Gasteiger partial charge in [0.15, 0.2) is 5.82 Å². The molecule has 0 saturated carbocycles. The number of piperazine rings is 1. The van der Waals surface area contributed by atoms with E-state index in [1.54, 1.807) is 36.4 Å². The Balaban J connectivity index is 1.30. The van der Waals surface area contributed by atoms with E-state index in [0.717, 1.165) is 37.4 Å². The molecule has 1 aromatic heterocycles. The van der Waals surface area contributed by atoms with Gasteiger partial charge in [-0.2, -0.15) is 15.0 Å². The molecule has 204 valence electrons. The Morgan fingerprint density at radius 2 is 1.43 bits per heavy atom. The largest absolute Gasteiger partial charge is 0.338 e. The summed E-state index contributed by atoms with van der Waals surface area (Å²) in [6.07, 6.45) is 3.78. The monoisotopic (exact) mass is 574 g/mol. The third kappa shape index (κ3) is 7.69. The van der Waals surface area contributed by atoms with Crippen LogP contribution in [0.4, 0.5) is 33.8 Å². The number of benzene rings is 3. The van der Waals surface area contributed by atoms with Gasteiger partial charge in [0.1, 0.15) is 0 Å². The fourth-order valence-electron chi connectivity index (χ4n) is 4.03. The highest BCUT2D eigenvalue weighted by molar-refractivity contribution is 6.31. The summed E-state index contributed by atoms with van der Waals surface area (Å²) >= 11 is 12.0. The molecule has 0 radical (unpaired) electrons. The maximum Gasteiger partial charge on any atom is 0.323 e. The number of amides is 2. The van der Waals surface area contributed by atoms with Crippen molar-refractivity contribution in [2.24, 2.45) is 0 Å². The number of nitrogens with zero attached hydrogens (tertiary/aromatic N) is 5. The van der Waals surface area contributed by atoms with Crippen LogP contribution < -0.4 is 20.9 Å². The predicted octanol–water partition coefficient (Wildman–Crippen LogP) is 6.49. The predicted molar refractivity (Wildman–Crippen MR) is 164 cm³/mol. The van der Waals surface area contributed by atoms with Crippen molar-refractivity contribution in [2.75, 3.05) is 54.1 Å². The molecule has 40 heavy (non-hydrogen) atoms. The first-order valence-electron chi connectivity index (χ1n) is 12.7. The van der Waals surface area contributed by atoms with Crippen molar-refractivity contribution < 1.29 is 4.79 Å². The maximum atomic E-state index is 12.4. The maximum absolute atomic E-state index is 12.4. The van der Waals surface area contributed by atoms with Crippen molar-refractivity contribution in [1.82, 2.24) is 19.9 Å². The second-order valence-electron chi connectivity index (χ2n) is 9.28. The van der Waals surface area contributed by atoms with Crippen LogP contribution in [0.2, 0.25) is 10.0 Å². The van der Waals surface area contributed by atoms with Crippen molar-refractivity contribution in [1.29, 1.82) is 0 Å². The van der Waals surface area contributed by atoms with E-state index in [1.165, 1.54) is 0 Å². The SMILES string of the molecule is CN1CCN(c2nc(C=Cc3cccc(Cl)c3)nc(Nc3ccc(NC(=O)Nc4ccc(Cl)cc4)cc3)n2)CC1. The molecule has 0 bridgehead atoms. The van der Waals surface area contributed by atoms with Crippen molar-refractivity contribution in [3.63, 3.8) is 0 Å². The standard InChI is InChI=1S/C29H28Cl2N8O/c1-38-15-17-39(18-16-38)28-36-26(14-5-20-3-2-4-22(31)19-20)35-27(37-28)32-23-10-12-25(13-11-23)34-29(40)33-24-8-6-21(30)7-9-24/h2-14,19H,15-18H2,1H3,(H2,33,34,40)(H,32,35,36,37). The average Bonchev–Trinajstić information content (AvgIpc) is 2.95. The Hall–Kier alpha value is -4.18. The minimum atomic E-state index is -0.353. The molecule has 1 aliphatic heterocycles. The summed E-state index contributed by atoms with van der Waals surface area (Å²) < 4.78 is 0. The van der Waals surface area contributed by atoms with E-state index in [1.807, 2.05) is 48.6 Å². The van der Waals surface area contributed by atoms with Gasteiger partial charge in [0.05, 0.1) is 0 Å². The first-order chi connectivity index (χ1) is 19.4. The molecule has 0 unspecified atom stereocenters. The van der Waals surface area contributed by atoms with Gasteiger partial charge in [-0.05, 0) is 79.4 Å². The minimum absolute atomic E-state index is 0.353. The van der Waals surface area contributed by atoms with Crippen molar-refractivity contribution in [3.05, 3.63) is 94.2 Å². The van der Waals surface area contributed by atoms with Crippen LogP contribution in [-0.4, -0.2) is 59.1 Å². The number of carbonyl (C=O) groups excluding carboxylic acids is 1. The van der Waals surface area contributed by atoms with Crippen molar-refractivity contribution in [3.8, 4) is 0 Å². The molecular weight excluding hydrogens is 547 g/mol. The number of anilines is 5. The van der Waals surface area contributed by atoms with Crippen LogP contribution in [0.1, 0.15) is 11.4 Å². The summed E-state index contributed by atoms with van der Waals surface area (Å²) in [5.74, 6) is 1.58. The van der Waals surface area contributed by atoms with Gasteiger partial charge in [0.2, 0.25) is 11.9 Å². The van der Waals surface area contributed by atoms with E-state index in [2.05, 4.69) is 37.8 Å². The molecule has 4 aromatic rings. The summed E-state index contributed by atoms with van der Waals surface area (Å²) in [4.78, 5) is 30.8. The number of urea groups is 1. The zero-order valence-electron chi connectivity index (χ0n) is 21.8. The first kappa shape index (κ1) is 27.4. The Morgan fingerprint density at radius 3 is 2.10 bits per heavy atom. The van der Waals surface area contributed by atoms with Crippen molar-refractivity contribution >= 4 is 70.3 Å². The smallest absolute Gasteiger partial charge is 0.323 e. The van der Waals surface area contributed by atoms with E-state index in [-0.39, 0.29) is 6.03 Å². The van der Waals surface area contributed by atoms with E-state index in [4.69, 9.17) is 33.2 Å². The van der Waals surface area contributed by atoms with Gasteiger partial charge in [-0.25, -0.2) is 4.79 Å². The van der Waals surface area contributed by atoms with E-state index in [0.29, 0.717) is 39.1 Å². The molecule has 3 aromatic carbocycles. The Bertz CT molecular complexity index is 1490. The number of aromatic nitrogens is 3. The lowest BCUT2D eigenvalue weighted by atomic mass is 10.2. The summed E-state index contributed by atoms with van der Waals surface area (Å²) in [6.45, 7) is 3.52. The van der Waals surface area contributed by atoms with Crippen LogP contribution in [0.5, 0.6) is 0 Å². The zero-order chi connectivity index (χ0) is 27.9. The summed E-state index contributed by atoms with van der Waals surface area (Å²) in [5.41, 5.74) is 3.00. The molecule has 11 heteroatoms. The quantitative estimate of drug-likeness (QED) is 0.232. The van der Waals surface area contributed by atoms with Gasteiger partial charge in [-0.3, -0.25) is 0 Å². The number of rotatable bonds is 7. The van der Waals surface area contributed by atoms with Crippen LogP contribution in [0.3, 0.4) is 0 Å². The third-order valence-corrected chi connectivity index (χ3v) is 6.69. The average molecular weight is 576 g/mol. The van der Waals surface area contributed by atoms with Crippen LogP contribution in [-0.2, 0) is 0 Å². The number of likely N-dealkylation sites (N-methyl/N-ethyl adjacent to an activating group) is 1. The van der Waals surface area contributed by atoms with Gasteiger partial charge >= 0.3 is 6.03 Å². The Morgan fingerprint density at radius 1 is 0.775 bits per heavy atom. The number of hydrogen-bond acceptors (Lipinski definition) is 7. The normalized spacial score (nSPS) is 13.8. The minimum Gasteiger partial charge on any atom is -0.338 e. The topological polar surface area (TPSA) is 98.3 Å². The zero-order valence-corrected chi connectivity index (χ0v) is 23.3. The molecule has 2 amide bonds. The van der Waals surface area contributed by atoms with Crippen LogP contribution >= 0.6 is 23.2 Å². The van der Waals surface area contributed by atoms with Crippen LogP contribution in [0.15, 0.2) is 72.8 Å². The van der Waals surface area contributed by atoms with Crippen LogP contribution in [0.25, 0.3) is 12.2 Å². The third-order valence-electron chi connectivity index (χ3n) is 6.20. The molecule has 3 N–H and O–H groups in total. The lowest BCUT2D eigenvalue weighted by Gasteiger charge is -2.32. The second-order valence-corrected chi connectivity index (χ2v) is 10.2. The fourth-order valence-corrected chi connectivity index (χ4v) is 4.36. The molecule has 1 saturated heterocycles. The fraction of sp³-hybridized carbons (Fsp3) is 0.172. The number of carbonyl (C=O) groups is 1. The van der Waals surface area contributed by atoms with Gasteiger partial charge < -0.3 is 25.8 Å². The summed E-state index contributed by atoms with van der Waals surface area (Å²) in [5, 5.41) is 10.1. The Kier molecular flexibility index (Phi) is 8.75. The van der Waals surface area contributed by atoms with Crippen LogP contribution in [0, 0.1) is 0 Å². The highest BCUT2D eigenvalue weighted by Crippen LogP contribution is 2.21. The van der Waals surface area contributed by atoms with Crippen molar-refractivity contribution in [2.45, 2.75) is 0 Å². The molecular formula is C29H28Cl2N8O. The Labute approximate surface area is 242 Å². The molecule has 9 nitrogen and oxygen atoms in total. The van der Waals surface area contributed by atoms with Gasteiger partial charge in [0, 0.05) is 53.3 Å². The second kappa shape index (κ2) is 12.8. The van der Waals surface area contributed by atoms with E-state index >= 15 is 0 Å². The summed E-state index contributed by atoms with van der Waals surface area (Å²) in [6, 6.07) is 21.4. The summed E-state index contributed by atoms with van der Waals surface area (Å²) in [7, 11) is 2.11. The molecule has 0 aliphatic carbocycles. The van der Waals surface area contributed by atoms with Gasteiger partial charge in [-0.15, -0.1) is 0 Å². The number of hydrogen-bond donors (Lipinski definition) is 3. The molecule has 0 atom stereocenters. The number of nitrogens with one attached hydrogen (secondary N) is 3. The highest BCUT2D eigenvalue weighted by Gasteiger charge is 2.18. The lowest BCUT2D eigenvalue weighted by Crippen LogP contribution is -2.45. The molecule has 1 aliphatic rings. The van der Waals surface area contributed by atoms with Gasteiger partial charge in [-0.1, -0.05) is 41.4 Å². The molecule has 5 rings (SSSR count). The first-order valence-corrected chi connectivity index (χ1v) is 13.5. The molecule has 1 fully saturated rings. The lowest BCUT2D eigenvalue weighted by molar-refractivity contribution is 0.262. The van der Waals surface area contributed by atoms with E-state index in [9.17, 15) is 4.79 Å². The number of halogens is 2. The molecule has 0 spiro atoms. The molecule has 2 heterocycles. The van der Waals surface area contributed by atoms with Gasteiger partial charge in [0.25, 0.3) is 0 Å². The highest BCUT2D eigenvalue weighted by atomic mass is 35.5. The van der Waals surface area contributed by atoms with E-state index < -0.39 is 0 Å².